The van der Waals surface area contributed by atoms with E-state index in [0.29, 0.717) is 6.61 Å². The van der Waals surface area contributed by atoms with Gasteiger partial charge in [0, 0.05) is 6.54 Å². The van der Waals surface area contributed by atoms with Gasteiger partial charge >= 0.3 is 0 Å². The van der Waals surface area contributed by atoms with E-state index < -0.39 is 0 Å². The first-order chi connectivity index (χ1) is 7.88. The van der Waals surface area contributed by atoms with Gasteiger partial charge < -0.3 is 10.0 Å². The zero-order valence-corrected chi connectivity index (χ0v) is 9.81. The van der Waals surface area contributed by atoms with Crippen molar-refractivity contribution < 1.29 is 5.11 Å². The van der Waals surface area contributed by atoms with Crippen LogP contribution in [-0.4, -0.2) is 36.2 Å². The number of likely N-dealkylation sites (tertiary alicyclic amines) is 1. The van der Waals surface area contributed by atoms with Crippen LogP contribution in [0, 0.1) is 5.92 Å². The maximum absolute atomic E-state index is 8.88. The average molecular weight is 219 g/mol. The van der Waals surface area contributed by atoms with Crippen LogP contribution in [0.3, 0.4) is 0 Å². The normalized spacial score (nSPS) is 18.8. The molecule has 1 aromatic rings. The number of aliphatic hydroxyl groups excluding tert-OH is 1. The van der Waals surface area contributed by atoms with E-state index in [4.69, 9.17) is 5.11 Å². The van der Waals surface area contributed by atoms with Crippen molar-refractivity contribution in [1.82, 2.24) is 4.90 Å². The summed E-state index contributed by atoms with van der Waals surface area (Å²) in [5.74, 6) is 0.831. The highest BCUT2D eigenvalue weighted by atomic mass is 16.3. The molecule has 1 saturated heterocycles. The minimum absolute atomic E-state index is 0.295. The second-order valence-electron chi connectivity index (χ2n) is 4.70. The Hall–Kier alpha value is -0.860. The van der Waals surface area contributed by atoms with Crippen molar-refractivity contribution in [3.63, 3.8) is 0 Å². The van der Waals surface area contributed by atoms with E-state index in [2.05, 4.69) is 35.2 Å². The molecule has 0 bridgehead atoms. The van der Waals surface area contributed by atoms with Crippen LogP contribution in [0.2, 0.25) is 0 Å². The van der Waals surface area contributed by atoms with Crippen LogP contribution in [0.5, 0.6) is 0 Å². The molecule has 2 rings (SSSR count). The van der Waals surface area contributed by atoms with Gasteiger partial charge in [-0.1, -0.05) is 30.3 Å². The number of piperidine rings is 1. The van der Waals surface area contributed by atoms with Crippen LogP contribution < -0.4 is 0 Å². The predicted octanol–water partition coefficient (Wildman–Crippen LogP) is 1.93. The van der Waals surface area contributed by atoms with Crippen LogP contribution in [0.15, 0.2) is 30.3 Å². The molecule has 88 valence electrons. The molecule has 0 atom stereocenters. The van der Waals surface area contributed by atoms with Crippen molar-refractivity contribution in [3.8, 4) is 0 Å². The van der Waals surface area contributed by atoms with Crippen LogP contribution in [-0.2, 0) is 6.42 Å². The lowest BCUT2D eigenvalue weighted by molar-refractivity contribution is 0.147. The summed E-state index contributed by atoms with van der Waals surface area (Å²) in [6.07, 6.45) is 3.76. The molecule has 16 heavy (non-hydrogen) atoms. The maximum Gasteiger partial charge on any atom is 0.0558 e. The predicted molar refractivity (Wildman–Crippen MR) is 66.4 cm³/mol. The zero-order valence-electron chi connectivity index (χ0n) is 9.81. The first-order valence-corrected chi connectivity index (χ1v) is 6.25. The molecule has 2 heteroatoms. The minimum Gasteiger partial charge on any atom is -0.395 e. The molecule has 1 aliphatic heterocycles. The molecule has 0 saturated carbocycles. The molecular formula is C14H21NO. The molecule has 0 aliphatic carbocycles. The molecule has 1 heterocycles. The molecule has 0 amide bonds. The molecule has 0 radical (unpaired) electrons. The fraction of sp³-hybridized carbons (Fsp3) is 0.571. The van der Waals surface area contributed by atoms with Crippen molar-refractivity contribution in [3.05, 3.63) is 35.9 Å². The van der Waals surface area contributed by atoms with Crippen molar-refractivity contribution in [1.29, 1.82) is 0 Å². The van der Waals surface area contributed by atoms with Crippen LogP contribution >= 0.6 is 0 Å². The molecule has 0 aromatic heterocycles. The van der Waals surface area contributed by atoms with Gasteiger partial charge in [0.2, 0.25) is 0 Å². The topological polar surface area (TPSA) is 23.5 Å². The maximum atomic E-state index is 8.88. The Morgan fingerprint density at radius 1 is 1.12 bits per heavy atom. The van der Waals surface area contributed by atoms with Crippen LogP contribution in [0.25, 0.3) is 0 Å². The second kappa shape index (κ2) is 6.02. The van der Waals surface area contributed by atoms with Gasteiger partial charge in [-0.3, -0.25) is 0 Å². The highest BCUT2D eigenvalue weighted by Gasteiger charge is 2.18. The Bertz CT molecular complexity index is 291. The fourth-order valence-corrected chi connectivity index (χ4v) is 2.50. The lowest BCUT2D eigenvalue weighted by atomic mass is 9.90. The lowest BCUT2D eigenvalue weighted by Crippen LogP contribution is -2.36. The van der Waals surface area contributed by atoms with Gasteiger partial charge in [0.05, 0.1) is 6.61 Å². The third-order valence-electron chi connectivity index (χ3n) is 3.49. The van der Waals surface area contributed by atoms with Gasteiger partial charge in [-0.2, -0.15) is 0 Å². The number of hydrogen-bond acceptors (Lipinski definition) is 2. The van der Waals surface area contributed by atoms with E-state index in [0.717, 1.165) is 25.6 Å². The van der Waals surface area contributed by atoms with Crippen molar-refractivity contribution >= 4 is 0 Å². The molecule has 1 N–H and O–H groups in total. The second-order valence-corrected chi connectivity index (χ2v) is 4.70. The third-order valence-corrected chi connectivity index (χ3v) is 3.49. The Balaban J connectivity index is 1.77. The average Bonchev–Trinajstić information content (AvgIpc) is 2.33. The minimum atomic E-state index is 0.295. The van der Waals surface area contributed by atoms with E-state index >= 15 is 0 Å². The molecular weight excluding hydrogens is 198 g/mol. The highest BCUT2D eigenvalue weighted by Crippen LogP contribution is 2.21. The Morgan fingerprint density at radius 2 is 1.81 bits per heavy atom. The van der Waals surface area contributed by atoms with E-state index in [1.165, 1.54) is 24.8 Å². The Labute approximate surface area is 97.9 Å². The fourth-order valence-electron chi connectivity index (χ4n) is 2.50. The number of aliphatic hydroxyl groups is 1. The first-order valence-electron chi connectivity index (χ1n) is 6.25. The Kier molecular flexibility index (Phi) is 4.37. The zero-order chi connectivity index (χ0) is 11.2. The van der Waals surface area contributed by atoms with Crippen LogP contribution in [0.1, 0.15) is 18.4 Å². The number of hydrogen-bond donors (Lipinski definition) is 1. The van der Waals surface area contributed by atoms with Gasteiger partial charge in [-0.05, 0) is 43.8 Å². The van der Waals surface area contributed by atoms with Gasteiger partial charge in [0.15, 0.2) is 0 Å². The van der Waals surface area contributed by atoms with Crippen LogP contribution in [0.4, 0.5) is 0 Å². The molecule has 0 unspecified atom stereocenters. The van der Waals surface area contributed by atoms with Gasteiger partial charge in [-0.15, -0.1) is 0 Å². The summed E-state index contributed by atoms with van der Waals surface area (Å²) in [5, 5.41) is 8.88. The van der Waals surface area contributed by atoms with Gasteiger partial charge in [-0.25, -0.2) is 0 Å². The molecule has 2 nitrogen and oxygen atoms in total. The number of β-amino-alcohol motifs (C(OH)–C–C–N with tert-alkyl or cyclic N) is 1. The molecule has 1 aromatic carbocycles. The monoisotopic (exact) mass is 219 g/mol. The summed E-state index contributed by atoms with van der Waals surface area (Å²) in [5.41, 5.74) is 1.46. The van der Waals surface area contributed by atoms with Gasteiger partial charge in [0.1, 0.15) is 0 Å². The number of nitrogens with zero attached hydrogens (tertiary/aromatic N) is 1. The summed E-state index contributed by atoms with van der Waals surface area (Å²) < 4.78 is 0. The van der Waals surface area contributed by atoms with Crippen molar-refractivity contribution in [2.24, 2.45) is 5.92 Å². The van der Waals surface area contributed by atoms with E-state index in [-0.39, 0.29) is 0 Å². The number of rotatable bonds is 4. The number of benzene rings is 1. The highest BCUT2D eigenvalue weighted by molar-refractivity contribution is 5.15. The SMILES string of the molecule is OCCN1CCC(Cc2ccccc2)CC1. The largest absolute Gasteiger partial charge is 0.395 e. The molecule has 1 fully saturated rings. The van der Waals surface area contributed by atoms with Crippen molar-refractivity contribution in [2.75, 3.05) is 26.2 Å². The van der Waals surface area contributed by atoms with Crippen molar-refractivity contribution in [2.45, 2.75) is 19.3 Å². The summed E-state index contributed by atoms with van der Waals surface area (Å²) in [6, 6.07) is 10.8. The molecule has 0 spiro atoms. The van der Waals surface area contributed by atoms with E-state index in [1.54, 1.807) is 0 Å². The summed E-state index contributed by atoms with van der Waals surface area (Å²) >= 11 is 0. The quantitative estimate of drug-likeness (QED) is 0.836. The first kappa shape index (κ1) is 11.6. The smallest absolute Gasteiger partial charge is 0.0558 e. The summed E-state index contributed by atoms with van der Waals surface area (Å²) in [7, 11) is 0. The van der Waals surface area contributed by atoms with E-state index in [9.17, 15) is 0 Å². The van der Waals surface area contributed by atoms with E-state index in [1.807, 2.05) is 0 Å². The summed E-state index contributed by atoms with van der Waals surface area (Å²) in [4.78, 5) is 2.36. The molecule has 1 aliphatic rings. The summed E-state index contributed by atoms with van der Waals surface area (Å²) in [6.45, 7) is 3.44. The van der Waals surface area contributed by atoms with Gasteiger partial charge in [0.25, 0.3) is 0 Å². The third kappa shape index (κ3) is 3.32. The lowest BCUT2D eigenvalue weighted by Gasteiger charge is -2.31. The standard InChI is InChI=1S/C14H21NO/c16-11-10-15-8-6-14(7-9-15)12-13-4-2-1-3-5-13/h1-5,14,16H,6-12H2. The Morgan fingerprint density at radius 3 is 2.44 bits per heavy atom.